The molecule has 0 fully saturated rings. The summed E-state index contributed by atoms with van der Waals surface area (Å²) in [6, 6.07) is 0. The Morgan fingerprint density at radius 2 is 2.00 bits per heavy atom. The summed E-state index contributed by atoms with van der Waals surface area (Å²) in [6.07, 6.45) is 8.51. The van der Waals surface area contributed by atoms with E-state index in [0.29, 0.717) is 0 Å². The lowest BCUT2D eigenvalue weighted by Crippen LogP contribution is -1.61. The fourth-order valence-electron chi connectivity index (χ4n) is 0.300. The number of oxime groups is 1. The Morgan fingerprint density at radius 3 is 2.88 bits per heavy atom. The second-order valence-electron chi connectivity index (χ2n) is 1.07. The van der Waals surface area contributed by atoms with Gasteiger partial charge < -0.3 is 4.84 Å². The lowest BCUT2D eigenvalue weighted by Gasteiger charge is -1.77. The van der Waals surface area contributed by atoms with Gasteiger partial charge in [0.1, 0.15) is 6.26 Å². The van der Waals surface area contributed by atoms with Crippen molar-refractivity contribution in [3.05, 3.63) is 24.5 Å². The molecule has 0 aromatic rings. The van der Waals surface area contributed by atoms with Crippen LogP contribution in [0.4, 0.5) is 0 Å². The van der Waals surface area contributed by atoms with E-state index >= 15 is 0 Å². The van der Waals surface area contributed by atoms with Crippen LogP contribution in [0, 0.1) is 0 Å². The number of rotatable bonds is 0. The third kappa shape index (κ3) is 2.54. The molecule has 0 aromatic carbocycles. The molecule has 0 saturated heterocycles. The van der Waals surface area contributed by atoms with E-state index in [1.807, 2.05) is 6.08 Å². The summed E-state index contributed by atoms with van der Waals surface area (Å²) in [5, 5.41) is 3.47. The average Bonchev–Trinajstić information content (AvgIpc) is 1.90. The second kappa shape index (κ2) is 4.54. The molecule has 0 amide bonds. The van der Waals surface area contributed by atoms with E-state index in [-0.39, 0.29) is 9.90 Å². The predicted molar refractivity (Wildman–Crippen MR) is 39.0 cm³/mol. The van der Waals surface area contributed by atoms with Crippen molar-refractivity contribution >= 4 is 16.1 Å². The maximum absolute atomic E-state index is 4.52. The lowest BCUT2D eigenvalue weighted by molar-refractivity contribution is 0.271. The molecule has 0 spiro atoms. The van der Waals surface area contributed by atoms with Gasteiger partial charge >= 0.3 is 0 Å². The van der Waals surface area contributed by atoms with Gasteiger partial charge in [0.25, 0.3) is 0 Å². The van der Waals surface area contributed by atoms with E-state index in [2.05, 4.69) is 9.99 Å². The number of hydrogen-bond donors (Lipinski definition) is 0. The van der Waals surface area contributed by atoms with Gasteiger partial charge in [0, 0.05) is 0 Å². The van der Waals surface area contributed by atoms with Gasteiger partial charge in [0.2, 0.25) is 0 Å². The summed E-state index contributed by atoms with van der Waals surface area (Å²) < 4.78 is 0. The Kier molecular flexibility index (Phi) is 4.19. The van der Waals surface area contributed by atoms with Crippen LogP contribution in [0.2, 0.25) is 0 Å². The van der Waals surface area contributed by atoms with Crippen molar-refractivity contribution in [3.63, 3.8) is 0 Å². The van der Waals surface area contributed by atoms with Gasteiger partial charge in [-0.05, 0) is 12.2 Å². The summed E-state index contributed by atoms with van der Waals surface area (Å²) in [6.45, 7) is 0. The molecular formula is C5H8NOP. The van der Waals surface area contributed by atoms with E-state index in [4.69, 9.17) is 0 Å². The quantitative estimate of drug-likeness (QED) is 0.449. The van der Waals surface area contributed by atoms with Crippen molar-refractivity contribution in [2.24, 2.45) is 5.16 Å². The summed E-state index contributed by atoms with van der Waals surface area (Å²) >= 11 is 0. The summed E-state index contributed by atoms with van der Waals surface area (Å²) in [5.41, 5.74) is 0. The summed E-state index contributed by atoms with van der Waals surface area (Å²) in [4.78, 5) is 4.52. The number of hydrogen-bond acceptors (Lipinski definition) is 2. The first-order chi connectivity index (χ1) is 3.50. The maximum Gasteiger partial charge on any atom is 0.122 e. The Labute approximate surface area is 51.5 Å². The van der Waals surface area contributed by atoms with Crippen LogP contribution in [0.5, 0.6) is 0 Å². The van der Waals surface area contributed by atoms with Gasteiger partial charge in [-0.2, -0.15) is 9.90 Å². The molecule has 8 heavy (non-hydrogen) atoms. The lowest BCUT2D eigenvalue weighted by atomic mass is 10.5. The third-order valence-electron chi connectivity index (χ3n) is 0.569. The molecule has 0 N–H and O–H groups in total. The molecular weight excluding hydrogens is 121 g/mol. The third-order valence-corrected chi connectivity index (χ3v) is 0.569. The Bertz CT molecular complexity index is 114. The maximum atomic E-state index is 4.52. The smallest absolute Gasteiger partial charge is 0.122 e. The first-order valence-electron chi connectivity index (χ1n) is 2.01. The van der Waals surface area contributed by atoms with Gasteiger partial charge in [-0.15, -0.1) is 0 Å². The zero-order valence-electron chi connectivity index (χ0n) is 4.45. The monoisotopic (exact) mass is 129 g/mol. The molecule has 0 aliphatic carbocycles. The van der Waals surface area contributed by atoms with Crippen molar-refractivity contribution in [2.45, 2.75) is 0 Å². The molecule has 0 saturated carbocycles. The standard InChI is InChI=1S/C5H5NO.H3P/c1-2-4-6-7-5-3-1;/h1-5H;1H3. The first kappa shape index (κ1) is 7.38. The highest BCUT2D eigenvalue weighted by Gasteiger charge is 1.70. The summed E-state index contributed by atoms with van der Waals surface area (Å²) in [7, 11) is 0. The highest BCUT2D eigenvalue weighted by atomic mass is 31.0. The first-order valence-corrected chi connectivity index (χ1v) is 2.01. The zero-order valence-corrected chi connectivity index (χ0v) is 5.86. The van der Waals surface area contributed by atoms with Crippen LogP contribution in [0.25, 0.3) is 0 Å². The molecule has 0 bridgehead atoms. The minimum Gasteiger partial charge on any atom is -0.365 e. The van der Waals surface area contributed by atoms with Gasteiger partial charge in [0.15, 0.2) is 0 Å². The SMILES string of the molecule is C1=CC=NOC=C1.P. The normalized spacial score (nSPS) is 14.0. The molecule has 1 rings (SSSR count). The second-order valence-corrected chi connectivity index (χ2v) is 1.07. The molecule has 1 aliphatic rings. The van der Waals surface area contributed by atoms with E-state index < -0.39 is 0 Å². The molecule has 2 nitrogen and oxygen atoms in total. The average molecular weight is 129 g/mol. The molecule has 0 radical (unpaired) electrons. The molecule has 1 atom stereocenters. The molecule has 1 aliphatic heterocycles. The molecule has 44 valence electrons. The van der Waals surface area contributed by atoms with Crippen LogP contribution in [0.15, 0.2) is 29.6 Å². The van der Waals surface area contributed by atoms with Crippen LogP contribution in [0.1, 0.15) is 0 Å². The highest BCUT2D eigenvalue weighted by molar-refractivity contribution is 6.92. The van der Waals surface area contributed by atoms with Crippen LogP contribution >= 0.6 is 9.90 Å². The van der Waals surface area contributed by atoms with Crippen molar-refractivity contribution in [2.75, 3.05) is 0 Å². The van der Waals surface area contributed by atoms with Gasteiger partial charge in [-0.25, -0.2) is 0 Å². The predicted octanol–water partition coefficient (Wildman–Crippen LogP) is 1.13. The number of nitrogens with zero attached hydrogens (tertiary/aromatic N) is 1. The number of allylic oxidation sites excluding steroid dienone is 3. The van der Waals surface area contributed by atoms with E-state index in [1.165, 1.54) is 6.26 Å². The highest BCUT2D eigenvalue weighted by Crippen LogP contribution is 1.83. The van der Waals surface area contributed by atoms with Crippen molar-refractivity contribution in [3.8, 4) is 0 Å². The van der Waals surface area contributed by atoms with Crippen LogP contribution in [-0.4, -0.2) is 6.21 Å². The minimum atomic E-state index is 0. The fourth-order valence-corrected chi connectivity index (χ4v) is 0.300. The van der Waals surface area contributed by atoms with E-state index in [0.717, 1.165) is 0 Å². The van der Waals surface area contributed by atoms with Gasteiger partial charge in [-0.3, -0.25) is 0 Å². The fraction of sp³-hybridized carbons (Fsp3) is 0. The Hall–Kier alpha value is -0.620. The van der Waals surface area contributed by atoms with E-state index in [1.54, 1.807) is 18.4 Å². The summed E-state index contributed by atoms with van der Waals surface area (Å²) in [5.74, 6) is 0. The van der Waals surface area contributed by atoms with Gasteiger partial charge in [-0.1, -0.05) is 11.2 Å². The van der Waals surface area contributed by atoms with Crippen LogP contribution in [0.3, 0.4) is 0 Å². The Morgan fingerprint density at radius 1 is 1.12 bits per heavy atom. The minimum absolute atomic E-state index is 0. The molecule has 1 unspecified atom stereocenters. The molecule has 1 heterocycles. The topological polar surface area (TPSA) is 21.6 Å². The molecule has 3 heteroatoms. The zero-order chi connectivity index (χ0) is 4.95. The van der Waals surface area contributed by atoms with Gasteiger partial charge in [0.05, 0.1) is 6.21 Å². The van der Waals surface area contributed by atoms with Crippen molar-refractivity contribution in [1.82, 2.24) is 0 Å². The van der Waals surface area contributed by atoms with Crippen molar-refractivity contribution in [1.29, 1.82) is 0 Å². The van der Waals surface area contributed by atoms with Crippen LogP contribution in [-0.2, 0) is 4.84 Å². The van der Waals surface area contributed by atoms with E-state index in [9.17, 15) is 0 Å². The largest absolute Gasteiger partial charge is 0.365 e. The van der Waals surface area contributed by atoms with Crippen molar-refractivity contribution < 1.29 is 4.84 Å². The molecule has 0 aromatic heterocycles. The van der Waals surface area contributed by atoms with Crippen LogP contribution < -0.4 is 0 Å². The Balaban J connectivity index is 0.000000490.